The van der Waals surface area contributed by atoms with Crippen molar-refractivity contribution in [2.75, 3.05) is 53.6 Å². The number of morpholine rings is 1. The summed E-state index contributed by atoms with van der Waals surface area (Å²) in [7, 11) is -3.59. The lowest BCUT2D eigenvalue weighted by Gasteiger charge is -2.29. The van der Waals surface area contributed by atoms with Crippen molar-refractivity contribution in [1.82, 2.24) is 0 Å². The van der Waals surface area contributed by atoms with Gasteiger partial charge in [0.05, 0.1) is 25.2 Å². The van der Waals surface area contributed by atoms with Crippen molar-refractivity contribution < 1.29 is 17.9 Å². The van der Waals surface area contributed by atoms with E-state index in [-0.39, 0.29) is 6.54 Å². The second-order valence-corrected chi connectivity index (χ2v) is 9.59. The summed E-state index contributed by atoms with van der Waals surface area (Å²) in [4.78, 5) is 14.7. The molecule has 2 aromatic rings. The molecule has 1 fully saturated rings. The number of sulfonamides is 1. The predicted octanol–water partition coefficient (Wildman–Crippen LogP) is 2.53. The number of nitrogens with one attached hydrogen (secondary N) is 1. The smallest absolute Gasteiger partial charge is 0.245 e. The van der Waals surface area contributed by atoms with Gasteiger partial charge in [0.25, 0.3) is 0 Å². The Kier molecular flexibility index (Phi) is 6.78. The molecule has 0 bridgehead atoms. The molecule has 0 spiro atoms. The number of carbonyl (C=O) groups is 1. The first kappa shape index (κ1) is 20.9. The third kappa shape index (κ3) is 5.58. The second-order valence-electron chi connectivity index (χ2n) is 6.44. The van der Waals surface area contributed by atoms with Crippen molar-refractivity contribution in [3.8, 4) is 0 Å². The number of benzene rings is 2. The van der Waals surface area contributed by atoms with Gasteiger partial charge >= 0.3 is 0 Å². The maximum Gasteiger partial charge on any atom is 0.245 e. The molecule has 0 aromatic heterocycles. The molecular formula is C19H22IN3O4S. The lowest BCUT2D eigenvalue weighted by molar-refractivity contribution is -0.114. The lowest BCUT2D eigenvalue weighted by Crippen LogP contribution is -2.37. The predicted molar refractivity (Wildman–Crippen MR) is 119 cm³/mol. The van der Waals surface area contributed by atoms with Crippen LogP contribution >= 0.6 is 22.6 Å². The molecular weight excluding hydrogens is 493 g/mol. The van der Waals surface area contributed by atoms with Crippen LogP contribution in [0.3, 0.4) is 0 Å². The van der Waals surface area contributed by atoms with Crippen molar-refractivity contribution in [2.24, 2.45) is 0 Å². The third-order valence-corrected chi connectivity index (χ3v) is 6.19. The van der Waals surface area contributed by atoms with Crippen LogP contribution in [0.15, 0.2) is 48.5 Å². The number of hydrogen-bond donors (Lipinski definition) is 1. The molecule has 0 atom stereocenters. The lowest BCUT2D eigenvalue weighted by atomic mass is 10.2. The average molecular weight is 515 g/mol. The van der Waals surface area contributed by atoms with Crippen LogP contribution in [0.25, 0.3) is 0 Å². The average Bonchev–Trinajstić information content (AvgIpc) is 2.67. The number of ether oxygens (including phenoxy) is 1. The highest BCUT2D eigenvalue weighted by Crippen LogP contribution is 2.21. The van der Waals surface area contributed by atoms with Crippen LogP contribution in [0.1, 0.15) is 0 Å². The first-order valence-corrected chi connectivity index (χ1v) is 11.7. The van der Waals surface area contributed by atoms with Crippen molar-refractivity contribution in [1.29, 1.82) is 0 Å². The van der Waals surface area contributed by atoms with Gasteiger partial charge in [0.15, 0.2) is 0 Å². The molecule has 0 saturated carbocycles. The van der Waals surface area contributed by atoms with Gasteiger partial charge in [-0.15, -0.1) is 0 Å². The van der Waals surface area contributed by atoms with Gasteiger partial charge in [0, 0.05) is 28.0 Å². The number of amides is 1. The van der Waals surface area contributed by atoms with Crippen LogP contribution in [-0.2, 0) is 19.6 Å². The molecule has 1 aliphatic heterocycles. The third-order valence-electron chi connectivity index (χ3n) is 4.33. The molecule has 7 nitrogen and oxygen atoms in total. The zero-order chi connectivity index (χ0) is 20.1. The fourth-order valence-corrected chi connectivity index (χ4v) is 4.13. The van der Waals surface area contributed by atoms with E-state index in [1.54, 1.807) is 24.3 Å². The molecule has 150 valence electrons. The largest absolute Gasteiger partial charge is 0.378 e. The first-order valence-electron chi connectivity index (χ1n) is 8.79. The number of halogens is 1. The molecule has 0 unspecified atom stereocenters. The Labute approximate surface area is 178 Å². The number of hydrogen-bond acceptors (Lipinski definition) is 5. The summed E-state index contributed by atoms with van der Waals surface area (Å²) in [5, 5.41) is 2.77. The summed E-state index contributed by atoms with van der Waals surface area (Å²) in [6, 6.07) is 14.5. The number of carbonyl (C=O) groups excluding carboxylic acids is 1. The van der Waals surface area contributed by atoms with Gasteiger partial charge in [-0.1, -0.05) is 0 Å². The number of nitrogens with zero attached hydrogens (tertiary/aromatic N) is 2. The van der Waals surface area contributed by atoms with Gasteiger partial charge in [0.2, 0.25) is 15.9 Å². The minimum atomic E-state index is -3.59. The van der Waals surface area contributed by atoms with Crippen LogP contribution in [0.5, 0.6) is 0 Å². The van der Waals surface area contributed by atoms with Crippen molar-refractivity contribution in [3.05, 3.63) is 52.1 Å². The van der Waals surface area contributed by atoms with Gasteiger partial charge in [-0.25, -0.2) is 8.42 Å². The van der Waals surface area contributed by atoms with E-state index in [4.69, 9.17) is 4.74 Å². The SMILES string of the molecule is CS(=O)(=O)N(CC(=O)Nc1ccc(N2CCOCC2)cc1)c1ccc(I)cc1. The van der Waals surface area contributed by atoms with Crippen LogP contribution in [0, 0.1) is 3.57 Å². The molecule has 1 amide bonds. The summed E-state index contributed by atoms with van der Waals surface area (Å²) in [6.07, 6.45) is 1.09. The standard InChI is InChI=1S/C19H22IN3O4S/c1-28(25,26)23(18-6-2-15(20)3-7-18)14-19(24)21-16-4-8-17(9-5-16)22-10-12-27-13-11-22/h2-9H,10-14H2,1H3,(H,21,24). The van der Waals surface area contributed by atoms with Gasteiger partial charge in [0.1, 0.15) is 6.54 Å². The van der Waals surface area contributed by atoms with E-state index < -0.39 is 15.9 Å². The number of rotatable bonds is 6. The van der Waals surface area contributed by atoms with Gasteiger partial charge in [-0.2, -0.15) is 0 Å². The Hall–Kier alpha value is -1.85. The zero-order valence-electron chi connectivity index (χ0n) is 15.5. The van der Waals surface area contributed by atoms with E-state index in [1.165, 1.54) is 0 Å². The minimum Gasteiger partial charge on any atom is -0.378 e. The topological polar surface area (TPSA) is 79.0 Å². The Balaban J connectivity index is 1.66. The highest BCUT2D eigenvalue weighted by molar-refractivity contribution is 14.1. The molecule has 2 aromatic carbocycles. The molecule has 0 radical (unpaired) electrons. The van der Waals surface area contributed by atoms with Crippen molar-refractivity contribution in [3.63, 3.8) is 0 Å². The molecule has 28 heavy (non-hydrogen) atoms. The Morgan fingerprint density at radius 3 is 2.29 bits per heavy atom. The fourth-order valence-electron chi connectivity index (χ4n) is 2.92. The van der Waals surface area contributed by atoms with Crippen LogP contribution in [-0.4, -0.2) is 53.4 Å². The second kappa shape index (κ2) is 9.10. The quantitative estimate of drug-likeness (QED) is 0.599. The Morgan fingerprint density at radius 2 is 1.71 bits per heavy atom. The maximum atomic E-state index is 12.5. The van der Waals surface area contributed by atoms with Gasteiger partial charge < -0.3 is 15.0 Å². The van der Waals surface area contributed by atoms with Gasteiger partial charge in [-0.05, 0) is 71.1 Å². The van der Waals surface area contributed by atoms with E-state index in [0.29, 0.717) is 24.6 Å². The van der Waals surface area contributed by atoms with Crippen molar-refractivity contribution >= 4 is 55.6 Å². The van der Waals surface area contributed by atoms with E-state index in [9.17, 15) is 13.2 Å². The van der Waals surface area contributed by atoms with Crippen LogP contribution in [0.4, 0.5) is 17.1 Å². The zero-order valence-corrected chi connectivity index (χ0v) is 18.4. The monoisotopic (exact) mass is 515 g/mol. The summed E-state index contributed by atoms with van der Waals surface area (Å²) in [6.45, 7) is 2.80. The molecule has 9 heteroatoms. The minimum absolute atomic E-state index is 0.287. The van der Waals surface area contributed by atoms with E-state index in [2.05, 4.69) is 32.8 Å². The summed E-state index contributed by atoms with van der Waals surface area (Å²) < 4.78 is 31.7. The fraction of sp³-hybridized carbons (Fsp3) is 0.316. The van der Waals surface area contributed by atoms with Crippen LogP contribution in [0.2, 0.25) is 0 Å². The van der Waals surface area contributed by atoms with E-state index in [0.717, 1.165) is 32.9 Å². The Bertz CT molecular complexity index is 911. The van der Waals surface area contributed by atoms with Crippen molar-refractivity contribution in [2.45, 2.75) is 0 Å². The van der Waals surface area contributed by atoms with Gasteiger partial charge in [-0.3, -0.25) is 9.10 Å². The molecule has 1 aliphatic rings. The molecule has 3 rings (SSSR count). The molecule has 1 heterocycles. The number of anilines is 3. The van der Waals surface area contributed by atoms with E-state index >= 15 is 0 Å². The Morgan fingerprint density at radius 1 is 1.11 bits per heavy atom. The maximum absolute atomic E-state index is 12.5. The molecule has 0 aliphatic carbocycles. The summed E-state index contributed by atoms with van der Waals surface area (Å²) in [5.74, 6) is -0.400. The highest BCUT2D eigenvalue weighted by atomic mass is 127. The molecule has 1 N–H and O–H groups in total. The summed E-state index contributed by atoms with van der Waals surface area (Å²) >= 11 is 2.14. The first-order chi connectivity index (χ1) is 13.3. The van der Waals surface area contributed by atoms with Crippen LogP contribution < -0.4 is 14.5 Å². The van der Waals surface area contributed by atoms with E-state index in [1.807, 2.05) is 24.3 Å². The highest BCUT2D eigenvalue weighted by Gasteiger charge is 2.21. The summed E-state index contributed by atoms with van der Waals surface area (Å²) in [5.41, 5.74) is 2.15. The normalized spacial score (nSPS) is 14.6. The molecule has 1 saturated heterocycles.